The van der Waals surface area contributed by atoms with Gasteiger partial charge in [0.25, 0.3) is 0 Å². The van der Waals surface area contributed by atoms with Crippen LogP contribution in [0.4, 0.5) is 4.79 Å². The highest BCUT2D eigenvalue weighted by atomic mass is 35.5. The molecule has 0 saturated carbocycles. The van der Waals surface area contributed by atoms with E-state index in [-0.39, 0.29) is 11.2 Å². The average Bonchev–Trinajstić information content (AvgIpc) is 2.68. The molecule has 5 nitrogen and oxygen atoms in total. The molecule has 0 fully saturated rings. The predicted octanol–water partition coefficient (Wildman–Crippen LogP) is 5.65. The molecule has 0 aliphatic heterocycles. The number of amides is 2. The first-order valence-electron chi connectivity index (χ1n) is 9.88. The third-order valence-electron chi connectivity index (χ3n) is 4.35. The number of carbonyl (C=O) groups excluding carboxylic acids is 2. The zero-order chi connectivity index (χ0) is 23.0. The van der Waals surface area contributed by atoms with Crippen LogP contribution >= 0.6 is 35.0 Å². The summed E-state index contributed by atoms with van der Waals surface area (Å²) in [7, 11) is 0. The fourth-order valence-corrected chi connectivity index (χ4v) is 4.22. The van der Waals surface area contributed by atoms with Crippen LogP contribution in [0.1, 0.15) is 37.1 Å². The molecule has 168 valence electrons. The third kappa shape index (κ3) is 8.63. The number of hydrogen-bond donors (Lipinski definition) is 2. The molecule has 2 amide bonds. The van der Waals surface area contributed by atoms with E-state index in [0.29, 0.717) is 23.0 Å². The van der Waals surface area contributed by atoms with Crippen LogP contribution in [0, 0.1) is 0 Å². The highest BCUT2D eigenvalue weighted by molar-refractivity contribution is 7.98. The highest BCUT2D eigenvalue weighted by Crippen LogP contribution is 2.33. The molecule has 0 heterocycles. The number of alkyl carbamates (subject to hydrolysis) is 1. The summed E-state index contributed by atoms with van der Waals surface area (Å²) in [5.41, 5.74) is 1.16. The van der Waals surface area contributed by atoms with Crippen LogP contribution < -0.4 is 10.6 Å². The lowest BCUT2D eigenvalue weighted by Crippen LogP contribution is -2.49. The number of hydrogen-bond acceptors (Lipinski definition) is 4. The molecule has 0 aliphatic rings. The second-order valence-electron chi connectivity index (χ2n) is 8.02. The van der Waals surface area contributed by atoms with Crippen LogP contribution in [0.25, 0.3) is 0 Å². The van der Waals surface area contributed by atoms with Crippen LogP contribution in [0.5, 0.6) is 0 Å². The summed E-state index contributed by atoms with van der Waals surface area (Å²) in [5, 5.41) is 6.68. The molecule has 2 unspecified atom stereocenters. The molecule has 31 heavy (non-hydrogen) atoms. The molecule has 0 aliphatic carbocycles. The van der Waals surface area contributed by atoms with Crippen LogP contribution in [-0.4, -0.2) is 36.4 Å². The SMILES string of the molecule is CSC(CNC(=O)C(Cc1ccccc1)NC(=O)OC(C)(C)C)c1ccc(Cl)cc1Cl. The summed E-state index contributed by atoms with van der Waals surface area (Å²) in [5.74, 6) is -0.293. The molecule has 0 aromatic heterocycles. The Bertz CT molecular complexity index is 888. The summed E-state index contributed by atoms with van der Waals surface area (Å²) < 4.78 is 5.33. The van der Waals surface area contributed by atoms with Gasteiger partial charge in [-0.05, 0) is 50.3 Å². The number of halogens is 2. The minimum absolute atomic E-state index is 0.0624. The van der Waals surface area contributed by atoms with Crippen molar-refractivity contribution >= 4 is 47.0 Å². The first-order chi connectivity index (χ1) is 14.6. The van der Waals surface area contributed by atoms with Crippen molar-refractivity contribution in [2.75, 3.05) is 12.8 Å². The van der Waals surface area contributed by atoms with E-state index in [9.17, 15) is 9.59 Å². The van der Waals surface area contributed by atoms with Crippen molar-refractivity contribution < 1.29 is 14.3 Å². The monoisotopic (exact) mass is 482 g/mol. The standard InChI is InChI=1S/C23H28Cl2N2O3S/c1-23(2,3)30-22(29)27-19(12-15-8-6-5-7-9-15)21(28)26-14-20(31-4)17-11-10-16(24)13-18(17)25/h5-11,13,19-20H,12,14H2,1-4H3,(H,26,28)(H,27,29). The number of thioether (sulfide) groups is 1. The molecule has 0 bridgehead atoms. The first kappa shape index (κ1) is 25.4. The van der Waals surface area contributed by atoms with Gasteiger partial charge in [-0.3, -0.25) is 4.79 Å². The minimum Gasteiger partial charge on any atom is -0.444 e. The maximum absolute atomic E-state index is 13.0. The Morgan fingerprint density at radius 3 is 2.35 bits per heavy atom. The van der Waals surface area contributed by atoms with Gasteiger partial charge in [0.1, 0.15) is 11.6 Å². The molecule has 0 saturated heterocycles. The summed E-state index contributed by atoms with van der Waals surface area (Å²) >= 11 is 13.9. The van der Waals surface area contributed by atoms with Crippen molar-refractivity contribution in [3.8, 4) is 0 Å². The molecule has 0 spiro atoms. The van der Waals surface area contributed by atoms with Gasteiger partial charge in [-0.1, -0.05) is 59.6 Å². The smallest absolute Gasteiger partial charge is 0.408 e. The first-order valence-corrected chi connectivity index (χ1v) is 11.9. The second kappa shape index (κ2) is 11.7. The Kier molecular flexibility index (Phi) is 9.54. The Labute approximate surface area is 198 Å². The van der Waals surface area contributed by atoms with Crippen molar-refractivity contribution in [2.45, 2.75) is 44.1 Å². The molecule has 8 heteroatoms. The van der Waals surface area contributed by atoms with E-state index < -0.39 is 17.7 Å². The van der Waals surface area contributed by atoms with E-state index in [4.69, 9.17) is 27.9 Å². The molecule has 2 N–H and O–H groups in total. The average molecular weight is 483 g/mol. The lowest BCUT2D eigenvalue weighted by Gasteiger charge is -2.24. The fourth-order valence-electron chi connectivity index (χ4n) is 2.91. The van der Waals surface area contributed by atoms with Gasteiger partial charge >= 0.3 is 6.09 Å². The van der Waals surface area contributed by atoms with Gasteiger partial charge in [-0.25, -0.2) is 4.79 Å². The molecule has 2 aromatic rings. The summed E-state index contributed by atoms with van der Waals surface area (Å²) in [6.45, 7) is 5.68. The number of ether oxygens (including phenoxy) is 1. The van der Waals surface area contributed by atoms with Gasteiger partial charge in [0, 0.05) is 28.3 Å². The van der Waals surface area contributed by atoms with Crippen molar-refractivity contribution in [3.63, 3.8) is 0 Å². The zero-order valence-electron chi connectivity index (χ0n) is 18.1. The maximum atomic E-state index is 13.0. The topological polar surface area (TPSA) is 67.4 Å². The number of benzene rings is 2. The summed E-state index contributed by atoms with van der Waals surface area (Å²) in [4.78, 5) is 25.3. The van der Waals surface area contributed by atoms with Crippen LogP contribution in [0.3, 0.4) is 0 Å². The second-order valence-corrected chi connectivity index (χ2v) is 9.91. The Morgan fingerprint density at radius 1 is 1.10 bits per heavy atom. The van der Waals surface area contributed by atoms with Gasteiger partial charge in [-0.2, -0.15) is 11.8 Å². The number of carbonyl (C=O) groups is 2. The van der Waals surface area contributed by atoms with E-state index in [1.54, 1.807) is 44.7 Å². The largest absolute Gasteiger partial charge is 0.444 e. The number of rotatable bonds is 8. The third-order valence-corrected chi connectivity index (χ3v) is 5.90. The number of nitrogens with one attached hydrogen (secondary N) is 2. The quantitative estimate of drug-likeness (QED) is 0.509. The Morgan fingerprint density at radius 2 is 1.77 bits per heavy atom. The van der Waals surface area contributed by atoms with Gasteiger partial charge in [0.15, 0.2) is 0 Å². The van der Waals surface area contributed by atoms with Gasteiger partial charge < -0.3 is 15.4 Å². The van der Waals surface area contributed by atoms with Gasteiger partial charge in [-0.15, -0.1) is 0 Å². The Balaban J connectivity index is 2.10. The molecule has 2 aromatic carbocycles. The zero-order valence-corrected chi connectivity index (χ0v) is 20.4. The summed E-state index contributed by atoms with van der Waals surface area (Å²) in [6.07, 6.45) is 1.66. The van der Waals surface area contributed by atoms with Crippen molar-refractivity contribution in [1.29, 1.82) is 0 Å². The van der Waals surface area contributed by atoms with Crippen LogP contribution in [0.15, 0.2) is 48.5 Å². The van der Waals surface area contributed by atoms with E-state index >= 15 is 0 Å². The van der Waals surface area contributed by atoms with Crippen LogP contribution in [0.2, 0.25) is 10.0 Å². The normalized spacial score (nSPS) is 13.2. The van der Waals surface area contributed by atoms with Crippen LogP contribution in [-0.2, 0) is 16.0 Å². The van der Waals surface area contributed by atoms with Crippen molar-refractivity contribution in [3.05, 3.63) is 69.7 Å². The van der Waals surface area contributed by atoms with E-state index in [1.165, 1.54) is 0 Å². The molecule has 0 radical (unpaired) electrons. The Hall–Kier alpha value is -1.89. The summed E-state index contributed by atoms with van der Waals surface area (Å²) in [6, 6.07) is 14.1. The maximum Gasteiger partial charge on any atom is 0.408 e. The lowest BCUT2D eigenvalue weighted by molar-refractivity contribution is -0.123. The van der Waals surface area contributed by atoms with Crippen molar-refractivity contribution in [2.24, 2.45) is 0 Å². The molecular formula is C23H28Cl2N2O3S. The highest BCUT2D eigenvalue weighted by Gasteiger charge is 2.25. The van der Waals surface area contributed by atoms with Gasteiger partial charge in [0.05, 0.1) is 0 Å². The lowest BCUT2D eigenvalue weighted by atomic mass is 10.1. The predicted molar refractivity (Wildman–Crippen MR) is 129 cm³/mol. The van der Waals surface area contributed by atoms with Crippen molar-refractivity contribution in [1.82, 2.24) is 10.6 Å². The van der Waals surface area contributed by atoms with E-state index in [1.807, 2.05) is 42.7 Å². The molecule has 2 rings (SSSR count). The fraction of sp³-hybridized carbons (Fsp3) is 0.391. The van der Waals surface area contributed by atoms with E-state index in [0.717, 1.165) is 11.1 Å². The van der Waals surface area contributed by atoms with E-state index in [2.05, 4.69) is 10.6 Å². The molecule has 2 atom stereocenters. The molecular weight excluding hydrogens is 455 g/mol. The minimum atomic E-state index is -0.777. The van der Waals surface area contributed by atoms with Gasteiger partial charge in [0.2, 0.25) is 5.91 Å².